The zero-order valence-corrected chi connectivity index (χ0v) is 13.5. The summed E-state index contributed by atoms with van der Waals surface area (Å²) in [6.45, 7) is 5.63. The average molecular weight is 360 g/mol. The third kappa shape index (κ3) is 5.40. The Labute approximate surface area is 132 Å². The Morgan fingerprint density at radius 3 is 2.00 bits per heavy atom. The summed E-state index contributed by atoms with van der Waals surface area (Å²) >= 11 is 0. The average Bonchev–Trinajstić information content (AvgIpc) is 2.75. The summed E-state index contributed by atoms with van der Waals surface area (Å²) < 4.78 is 79.2. The van der Waals surface area contributed by atoms with E-state index in [-0.39, 0.29) is 5.92 Å². The van der Waals surface area contributed by atoms with Gasteiger partial charge >= 0.3 is 12.8 Å². The number of aryl methyl sites for hydroxylation is 1. The molecule has 1 aromatic carbocycles. The summed E-state index contributed by atoms with van der Waals surface area (Å²) in [5.41, 5.74) is -3.17. The highest BCUT2D eigenvalue weighted by Gasteiger charge is 2.48. The molecule has 0 bridgehead atoms. The highest BCUT2D eigenvalue weighted by Crippen LogP contribution is 2.53. The molecule has 0 fully saturated rings. The Hall–Kier alpha value is -1.25. The van der Waals surface area contributed by atoms with Gasteiger partial charge in [-0.25, -0.2) is 0 Å². The second-order valence-corrected chi connectivity index (χ2v) is 7.12. The van der Waals surface area contributed by atoms with Gasteiger partial charge in [0.05, 0.1) is 10.5 Å². The number of hydrogen-bond donors (Lipinski definition) is 0. The number of rotatable bonds is 2. The number of halogens is 7. The maximum atomic E-state index is 13.3. The lowest BCUT2D eigenvalue weighted by Crippen LogP contribution is -2.02. The van der Waals surface area contributed by atoms with Gasteiger partial charge in [0.15, 0.2) is 9.58 Å². The molecule has 0 saturated heterocycles. The number of benzene rings is 1. The van der Waals surface area contributed by atoms with Crippen molar-refractivity contribution in [1.29, 1.82) is 0 Å². The van der Waals surface area contributed by atoms with Crippen LogP contribution in [0.1, 0.15) is 37.1 Å². The number of fused-ring (bicyclic) bond motifs is 1. The molecule has 23 heavy (non-hydrogen) atoms. The Morgan fingerprint density at radius 1 is 1.09 bits per heavy atom. The highest BCUT2D eigenvalue weighted by atomic mass is 32.2. The molecule has 0 amide bonds. The minimum atomic E-state index is -6.00. The van der Waals surface area contributed by atoms with Gasteiger partial charge in [-0.1, -0.05) is 32.9 Å². The fourth-order valence-electron chi connectivity index (χ4n) is 2.23. The molecule has 0 aliphatic rings. The van der Waals surface area contributed by atoms with E-state index in [1.54, 1.807) is 18.2 Å². The van der Waals surface area contributed by atoms with Crippen LogP contribution in [0.5, 0.6) is 0 Å². The predicted octanol–water partition coefficient (Wildman–Crippen LogP) is 7.05. The first-order valence-corrected chi connectivity index (χ1v) is 8.10. The monoisotopic (exact) mass is 360 g/mol. The summed E-state index contributed by atoms with van der Waals surface area (Å²) in [5.74, 6) is -0.0768. The SMILES string of the molecule is CCc1cccc2c1cc(C(C)C)[s+]2C(F)(F)F.F[B-](F)(F)F. The topological polar surface area (TPSA) is 0 Å². The molecule has 0 saturated carbocycles. The number of thiophene rings is 1. The minimum absolute atomic E-state index is 0.0768. The molecule has 9 heteroatoms. The van der Waals surface area contributed by atoms with E-state index in [2.05, 4.69) is 0 Å². The standard InChI is InChI=1S/C14H16F3S.BF4/c1-4-10-6-5-7-12-11(10)8-13(9(2)3)18(12)14(15,16)17;2-1(3,4)5/h5-9H,4H2,1-3H3;/q+1;-1. The van der Waals surface area contributed by atoms with Gasteiger partial charge in [-0.3, -0.25) is 0 Å². The Kier molecular flexibility index (Phi) is 6.12. The van der Waals surface area contributed by atoms with Gasteiger partial charge in [-0.05, 0) is 18.1 Å². The van der Waals surface area contributed by atoms with E-state index in [9.17, 15) is 30.4 Å². The molecule has 0 radical (unpaired) electrons. The molecular weight excluding hydrogens is 344 g/mol. The first kappa shape index (κ1) is 19.8. The van der Waals surface area contributed by atoms with Gasteiger partial charge in [0.25, 0.3) is 0 Å². The maximum absolute atomic E-state index is 13.3. The normalized spacial score (nSPS) is 13.3. The van der Waals surface area contributed by atoms with Crippen molar-refractivity contribution in [3.63, 3.8) is 0 Å². The van der Waals surface area contributed by atoms with Crippen LogP contribution in [-0.2, 0) is 11.9 Å². The molecule has 0 aliphatic carbocycles. The Balaban J connectivity index is 0.000000463. The molecule has 2 rings (SSSR count). The van der Waals surface area contributed by atoms with Crippen LogP contribution in [0.25, 0.3) is 10.1 Å². The van der Waals surface area contributed by atoms with E-state index in [0.29, 0.717) is 9.58 Å². The number of hydrogen-bond acceptors (Lipinski definition) is 0. The van der Waals surface area contributed by atoms with Crippen molar-refractivity contribution >= 4 is 27.8 Å². The first-order valence-electron chi connectivity index (χ1n) is 6.88. The van der Waals surface area contributed by atoms with Crippen LogP contribution < -0.4 is 0 Å². The van der Waals surface area contributed by atoms with Crippen LogP contribution in [0.15, 0.2) is 24.3 Å². The smallest absolute Gasteiger partial charge is 0.418 e. The molecule has 1 heterocycles. The molecule has 0 nitrogen and oxygen atoms in total. The third-order valence-electron chi connectivity index (χ3n) is 3.08. The van der Waals surface area contributed by atoms with Crippen molar-refractivity contribution in [2.75, 3.05) is 0 Å². The number of alkyl halides is 3. The van der Waals surface area contributed by atoms with E-state index in [1.807, 2.05) is 26.8 Å². The van der Waals surface area contributed by atoms with Crippen molar-refractivity contribution in [3.05, 3.63) is 34.7 Å². The molecule has 2 aromatic rings. The second kappa shape index (κ2) is 7.11. The summed E-state index contributed by atoms with van der Waals surface area (Å²) in [4.78, 5) is 0.512. The van der Waals surface area contributed by atoms with E-state index >= 15 is 0 Å². The quantitative estimate of drug-likeness (QED) is 0.306. The van der Waals surface area contributed by atoms with Gasteiger partial charge in [-0.2, -0.15) is 0 Å². The predicted molar refractivity (Wildman–Crippen MR) is 81.4 cm³/mol. The highest BCUT2D eigenvalue weighted by molar-refractivity contribution is 7.38. The van der Waals surface area contributed by atoms with Gasteiger partial charge in [0, 0.05) is 17.4 Å². The molecule has 1 unspecified atom stereocenters. The zero-order chi connectivity index (χ0) is 18.0. The van der Waals surface area contributed by atoms with Crippen LogP contribution in [-0.4, -0.2) is 7.25 Å². The van der Waals surface area contributed by atoms with Crippen molar-refractivity contribution < 1.29 is 30.4 Å². The molecule has 0 spiro atoms. The van der Waals surface area contributed by atoms with Gasteiger partial charge in [-0.15, -0.1) is 13.2 Å². The fourth-order valence-corrected chi connectivity index (χ4v) is 4.33. The maximum Gasteiger partial charge on any atom is 0.673 e. The molecule has 1 aromatic heterocycles. The second-order valence-electron chi connectivity index (χ2n) is 5.13. The van der Waals surface area contributed by atoms with Crippen LogP contribution in [0, 0.1) is 0 Å². The van der Waals surface area contributed by atoms with E-state index in [4.69, 9.17) is 0 Å². The lowest BCUT2D eigenvalue weighted by molar-refractivity contribution is -0.0868. The third-order valence-corrected chi connectivity index (χ3v) is 5.40. The van der Waals surface area contributed by atoms with Crippen molar-refractivity contribution in [3.8, 4) is 0 Å². The summed E-state index contributed by atoms with van der Waals surface area (Å²) in [5, 5.41) is 0.796. The Morgan fingerprint density at radius 2 is 1.61 bits per heavy atom. The van der Waals surface area contributed by atoms with Crippen LogP contribution in [0.4, 0.5) is 30.4 Å². The van der Waals surface area contributed by atoms with Gasteiger partial charge < -0.3 is 17.3 Å². The molecule has 0 aliphatic heterocycles. The largest absolute Gasteiger partial charge is 0.673 e. The fraction of sp³-hybridized carbons (Fsp3) is 0.429. The molecule has 130 valence electrons. The molecule has 0 N–H and O–H groups in total. The summed E-state index contributed by atoms with van der Waals surface area (Å²) in [7, 11) is -7.74. The minimum Gasteiger partial charge on any atom is -0.418 e. The van der Waals surface area contributed by atoms with Crippen LogP contribution in [0.3, 0.4) is 0 Å². The van der Waals surface area contributed by atoms with Crippen molar-refractivity contribution in [1.82, 2.24) is 0 Å². The Bertz CT molecular complexity index is 649. The zero-order valence-electron chi connectivity index (χ0n) is 12.7. The van der Waals surface area contributed by atoms with Crippen molar-refractivity contribution in [2.24, 2.45) is 0 Å². The van der Waals surface area contributed by atoms with Gasteiger partial charge in [0.1, 0.15) is 0 Å². The van der Waals surface area contributed by atoms with Gasteiger partial charge in [0.2, 0.25) is 0 Å². The lowest BCUT2D eigenvalue weighted by Gasteiger charge is -2.02. The summed E-state index contributed by atoms with van der Waals surface area (Å²) in [6.07, 6.45) is 0.764. The summed E-state index contributed by atoms with van der Waals surface area (Å²) in [6, 6.07) is 7.03. The van der Waals surface area contributed by atoms with Crippen LogP contribution in [0.2, 0.25) is 0 Å². The van der Waals surface area contributed by atoms with E-state index in [1.165, 1.54) is 0 Å². The van der Waals surface area contributed by atoms with Crippen LogP contribution >= 0.6 is 10.5 Å². The van der Waals surface area contributed by atoms with E-state index < -0.39 is 23.2 Å². The first-order chi connectivity index (χ1) is 10.4. The van der Waals surface area contributed by atoms with E-state index in [0.717, 1.165) is 17.4 Å². The lowest BCUT2D eigenvalue weighted by atomic mass is 10.1. The molecule has 1 atom stereocenters. The molecular formula is C14H16BF7S. The van der Waals surface area contributed by atoms with Crippen molar-refractivity contribution in [2.45, 2.75) is 38.6 Å².